The molecule has 2 aliphatic rings. The predicted octanol–water partition coefficient (Wildman–Crippen LogP) is 5.04. The smallest absolute Gasteiger partial charge is 0.245 e. The molecular weight excluding hydrogens is 576 g/mol. The summed E-state index contributed by atoms with van der Waals surface area (Å²) in [5.41, 5.74) is 14.4. The standard InChI is InChI=1S/C33H39ClN8O2/c1-5-29(43)41-11-8-24(9-12-41)42-21(3)30(31-26-17-37-38-28(26)14-20(2)32(31)34)33(39-42)22-6-7-27(35)23(15-22)16-36-10-13-40-18-25(19-40)44-4/h5-7,14-17,24-25H,1,8-13,18-19,35H2,2-4H3,(H,37,38). The number of methoxy groups -OCH3 is 1. The van der Waals surface area contributed by atoms with E-state index in [2.05, 4.69) is 44.3 Å². The molecule has 3 N–H and O–H groups in total. The molecule has 0 unspecified atom stereocenters. The first-order chi connectivity index (χ1) is 21.3. The molecule has 0 radical (unpaired) electrons. The van der Waals surface area contributed by atoms with Crippen molar-refractivity contribution in [2.24, 2.45) is 4.99 Å². The Morgan fingerprint density at radius 1 is 1.23 bits per heavy atom. The van der Waals surface area contributed by atoms with E-state index in [1.807, 2.05) is 42.4 Å². The summed E-state index contributed by atoms with van der Waals surface area (Å²) in [6.45, 7) is 12.5. The quantitative estimate of drug-likeness (QED) is 0.155. The van der Waals surface area contributed by atoms with Gasteiger partial charge in [0.25, 0.3) is 0 Å². The number of amides is 1. The van der Waals surface area contributed by atoms with Gasteiger partial charge in [0.15, 0.2) is 0 Å². The van der Waals surface area contributed by atoms with Gasteiger partial charge in [0.2, 0.25) is 5.91 Å². The predicted molar refractivity (Wildman–Crippen MR) is 176 cm³/mol. The van der Waals surface area contributed by atoms with Crippen LogP contribution in [0.2, 0.25) is 5.02 Å². The number of carbonyl (C=O) groups is 1. The monoisotopic (exact) mass is 614 g/mol. The van der Waals surface area contributed by atoms with Crippen molar-refractivity contribution in [3.8, 4) is 22.4 Å². The number of nitrogen functional groups attached to an aromatic ring is 1. The summed E-state index contributed by atoms with van der Waals surface area (Å²) in [5, 5.41) is 14.3. The largest absolute Gasteiger partial charge is 0.398 e. The Kier molecular flexibility index (Phi) is 8.57. The van der Waals surface area contributed by atoms with Crippen molar-refractivity contribution in [3.05, 3.63) is 65.0 Å². The average molecular weight is 615 g/mol. The van der Waals surface area contributed by atoms with Gasteiger partial charge in [0.05, 0.1) is 35.4 Å². The molecule has 0 bridgehead atoms. The Bertz CT molecular complexity index is 1730. The summed E-state index contributed by atoms with van der Waals surface area (Å²) in [5.74, 6) is -0.0315. The normalized spacial score (nSPS) is 16.7. The van der Waals surface area contributed by atoms with Crippen LogP contribution in [0, 0.1) is 13.8 Å². The summed E-state index contributed by atoms with van der Waals surface area (Å²) >= 11 is 7.08. The van der Waals surface area contributed by atoms with E-state index in [4.69, 9.17) is 27.2 Å². The number of aryl methyl sites for hydroxylation is 1. The number of piperidine rings is 1. The summed E-state index contributed by atoms with van der Waals surface area (Å²) in [4.78, 5) is 21.1. The van der Waals surface area contributed by atoms with E-state index >= 15 is 0 Å². The lowest BCUT2D eigenvalue weighted by molar-refractivity contribution is -0.127. The van der Waals surface area contributed by atoms with E-state index in [0.717, 1.165) is 82.6 Å². The molecule has 2 saturated heterocycles. The minimum atomic E-state index is -0.0315. The van der Waals surface area contributed by atoms with Crippen molar-refractivity contribution in [1.82, 2.24) is 29.8 Å². The summed E-state index contributed by atoms with van der Waals surface area (Å²) in [7, 11) is 1.76. The van der Waals surface area contributed by atoms with Crippen LogP contribution in [-0.2, 0) is 9.53 Å². The molecule has 0 saturated carbocycles. The lowest BCUT2D eigenvalue weighted by Gasteiger charge is -2.37. The number of ether oxygens (including phenoxy) is 1. The van der Waals surface area contributed by atoms with Crippen LogP contribution >= 0.6 is 11.6 Å². The molecule has 6 rings (SSSR count). The fourth-order valence-electron chi connectivity index (χ4n) is 6.33. The Balaban J connectivity index is 1.38. The number of rotatable bonds is 9. The topological polar surface area (TPSA) is 118 Å². The van der Waals surface area contributed by atoms with Gasteiger partial charge in [-0.05, 0) is 56.5 Å². The van der Waals surface area contributed by atoms with Gasteiger partial charge in [-0.2, -0.15) is 10.2 Å². The minimum absolute atomic E-state index is 0.0315. The number of anilines is 1. The molecule has 2 aromatic heterocycles. The highest BCUT2D eigenvalue weighted by Crippen LogP contribution is 2.44. The van der Waals surface area contributed by atoms with Crippen molar-refractivity contribution in [2.75, 3.05) is 52.1 Å². The first-order valence-electron chi connectivity index (χ1n) is 15.1. The van der Waals surface area contributed by atoms with Gasteiger partial charge in [-0.25, -0.2) is 0 Å². The number of fused-ring (bicyclic) bond motifs is 1. The highest BCUT2D eigenvalue weighted by atomic mass is 35.5. The second kappa shape index (κ2) is 12.6. The number of benzene rings is 2. The molecule has 0 aliphatic carbocycles. The molecule has 11 heteroatoms. The van der Waals surface area contributed by atoms with E-state index in [9.17, 15) is 4.79 Å². The van der Waals surface area contributed by atoms with Crippen molar-refractivity contribution < 1.29 is 9.53 Å². The second-order valence-corrected chi connectivity index (χ2v) is 12.1. The molecular formula is C33H39ClN8O2. The minimum Gasteiger partial charge on any atom is -0.398 e. The molecule has 0 atom stereocenters. The Labute approximate surface area is 262 Å². The number of aromatic amines is 1. The number of carbonyl (C=O) groups excluding carboxylic acids is 1. The molecule has 4 aromatic rings. The third-order valence-corrected chi connectivity index (χ3v) is 9.44. The van der Waals surface area contributed by atoms with Gasteiger partial charge < -0.3 is 15.4 Å². The van der Waals surface area contributed by atoms with Crippen LogP contribution < -0.4 is 5.73 Å². The Morgan fingerprint density at radius 2 is 2.00 bits per heavy atom. The van der Waals surface area contributed by atoms with Crippen molar-refractivity contribution in [2.45, 2.75) is 38.8 Å². The summed E-state index contributed by atoms with van der Waals surface area (Å²) in [6, 6.07) is 8.13. The van der Waals surface area contributed by atoms with Gasteiger partial charge in [-0.1, -0.05) is 24.2 Å². The molecule has 2 aliphatic heterocycles. The highest BCUT2D eigenvalue weighted by Gasteiger charge is 2.29. The van der Waals surface area contributed by atoms with E-state index in [1.54, 1.807) is 7.11 Å². The zero-order chi connectivity index (χ0) is 31.0. The number of nitrogens with zero attached hydrogens (tertiary/aromatic N) is 6. The molecule has 230 valence electrons. The van der Waals surface area contributed by atoms with Gasteiger partial charge in [-0.15, -0.1) is 0 Å². The number of hydrogen-bond acceptors (Lipinski definition) is 7. The van der Waals surface area contributed by atoms with E-state index in [-0.39, 0.29) is 11.9 Å². The molecule has 10 nitrogen and oxygen atoms in total. The van der Waals surface area contributed by atoms with Crippen LogP contribution in [0.15, 0.2) is 48.1 Å². The molecule has 1 amide bonds. The zero-order valence-electron chi connectivity index (χ0n) is 25.5. The van der Waals surface area contributed by atoms with E-state index in [1.165, 1.54) is 6.08 Å². The van der Waals surface area contributed by atoms with Gasteiger partial charge in [0.1, 0.15) is 5.69 Å². The third-order valence-electron chi connectivity index (χ3n) is 8.95. The van der Waals surface area contributed by atoms with Gasteiger partial charge in [0, 0.05) is 85.1 Å². The average Bonchev–Trinajstić information content (AvgIpc) is 3.61. The Hall–Kier alpha value is -3.99. The number of aromatic nitrogens is 4. The fraction of sp³-hybridized carbons (Fsp3) is 0.394. The van der Waals surface area contributed by atoms with E-state index < -0.39 is 0 Å². The van der Waals surface area contributed by atoms with Crippen LogP contribution in [0.1, 0.15) is 35.7 Å². The maximum absolute atomic E-state index is 12.2. The van der Waals surface area contributed by atoms with Gasteiger partial charge >= 0.3 is 0 Å². The lowest BCUT2D eigenvalue weighted by Crippen LogP contribution is -2.52. The first kappa shape index (κ1) is 30.1. The SMILES string of the molecule is C=CC(=O)N1CCC(n2nc(-c3ccc(N)c(C=NCCN4CC(OC)C4)c3)c(-c3c(Cl)c(C)cc4[nH]ncc34)c2C)CC1. The molecule has 44 heavy (non-hydrogen) atoms. The molecule has 2 aromatic carbocycles. The van der Waals surface area contributed by atoms with Gasteiger partial charge in [-0.3, -0.25) is 24.5 Å². The second-order valence-electron chi connectivity index (χ2n) is 11.7. The number of H-pyrrole nitrogens is 1. The van der Waals surface area contributed by atoms with Crippen LogP contribution in [0.5, 0.6) is 0 Å². The number of halogens is 1. The number of nitrogens with one attached hydrogen (secondary N) is 1. The maximum atomic E-state index is 12.2. The fourth-order valence-corrected chi connectivity index (χ4v) is 6.58. The first-order valence-corrected chi connectivity index (χ1v) is 15.4. The van der Waals surface area contributed by atoms with Crippen molar-refractivity contribution in [3.63, 3.8) is 0 Å². The van der Waals surface area contributed by atoms with Crippen LogP contribution in [0.25, 0.3) is 33.3 Å². The molecule has 2 fully saturated rings. The molecule has 4 heterocycles. The lowest BCUT2D eigenvalue weighted by atomic mass is 9.94. The van der Waals surface area contributed by atoms with Crippen molar-refractivity contribution >= 4 is 40.3 Å². The van der Waals surface area contributed by atoms with Crippen LogP contribution in [-0.4, -0.2) is 94.4 Å². The Morgan fingerprint density at radius 3 is 2.73 bits per heavy atom. The maximum Gasteiger partial charge on any atom is 0.245 e. The number of nitrogens with two attached hydrogens (primary N) is 1. The summed E-state index contributed by atoms with van der Waals surface area (Å²) < 4.78 is 7.49. The number of aliphatic imine (C=N–C) groups is 1. The highest BCUT2D eigenvalue weighted by molar-refractivity contribution is 6.36. The third kappa shape index (κ3) is 5.65. The number of likely N-dealkylation sites (tertiary alicyclic amines) is 2. The summed E-state index contributed by atoms with van der Waals surface area (Å²) in [6.07, 6.45) is 6.99. The van der Waals surface area contributed by atoms with Crippen molar-refractivity contribution in [1.29, 1.82) is 0 Å². The van der Waals surface area contributed by atoms with Crippen LogP contribution in [0.4, 0.5) is 5.69 Å². The number of hydrogen-bond donors (Lipinski definition) is 2. The van der Waals surface area contributed by atoms with E-state index in [0.29, 0.717) is 36.4 Å². The molecule has 0 spiro atoms. The van der Waals surface area contributed by atoms with Crippen LogP contribution in [0.3, 0.4) is 0 Å². The zero-order valence-corrected chi connectivity index (χ0v) is 26.3.